The van der Waals surface area contributed by atoms with Gasteiger partial charge in [-0.3, -0.25) is 9.59 Å². The van der Waals surface area contributed by atoms with Crippen LogP contribution in [-0.4, -0.2) is 57.7 Å². The molecular weight excluding hydrogens is 565 g/mol. The van der Waals surface area contributed by atoms with Gasteiger partial charge in [0.25, 0.3) is 0 Å². The van der Waals surface area contributed by atoms with Gasteiger partial charge in [0.2, 0.25) is 0 Å². The molecule has 6 nitrogen and oxygen atoms in total. The van der Waals surface area contributed by atoms with E-state index in [1.807, 2.05) is 13.0 Å². The first kappa shape index (κ1) is 30.4. The van der Waals surface area contributed by atoms with Crippen LogP contribution in [0.1, 0.15) is 41.9 Å². The second kappa shape index (κ2) is 14.2. The Kier molecular flexibility index (Phi) is 12.4. The topological polar surface area (TPSA) is 102 Å². The molecule has 1 heterocycles. The van der Waals surface area contributed by atoms with E-state index < -0.39 is 25.6 Å². The number of hydrogen-bond donors (Lipinski definition) is 0. The highest BCUT2D eigenvalue weighted by Crippen LogP contribution is 2.29. The van der Waals surface area contributed by atoms with Crippen molar-refractivity contribution >= 4 is 75.9 Å². The fraction of sp³-hybridized carbons (Fsp3) is 0.478. The van der Waals surface area contributed by atoms with Crippen LogP contribution < -0.4 is 0 Å². The summed E-state index contributed by atoms with van der Waals surface area (Å²) in [6, 6.07) is 9.86. The van der Waals surface area contributed by atoms with E-state index in [9.17, 15) is 26.4 Å². The van der Waals surface area contributed by atoms with Crippen molar-refractivity contribution in [2.45, 2.75) is 41.5 Å². The lowest BCUT2D eigenvalue weighted by Gasteiger charge is -2.12. The molecule has 0 saturated heterocycles. The van der Waals surface area contributed by atoms with Crippen LogP contribution in [0, 0.1) is 5.92 Å². The summed E-state index contributed by atoms with van der Waals surface area (Å²) in [5.74, 6) is 1.68. The molecule has 0 aliphatic heterocycles. The fourth-order valence-electron chi connectivity index (χ4n) is 2.94. The van der Waals surface area contributed by atoms with E-state index in [0.29, 0.717) is 29.2 Å². The third-order valence-corrected chi connectivity index (χ3v) is 13.1. The van der Waals surface area contributed by atoms with E-state index in [2.05, 4.69) is 0 Å². The van der Waals surface area contributed by atoms with E-state index in [4.69, 9.17) is 0 Å². The van der Waals surface area contributed by atoms with Crippen LogP contribution in [0.4, 0.5) is 0 Å². The highest BCUT2D eigenvalue weighted by molar-refractivity contribution is 8.76. The summed E-state index contributed by atoms with van der Waals surface area (Å²) in [4.78, 5) is 25.1. The highest BCUT2D eigenvalue weighted by Gasteiger charge is 2.23. The molecule has 0 aliphatic rings. The van der Waals surface area contributed by atoms with Crippen LogP contribution in [0.25, 0.3) is 0 Å². The molecule has 0 spiro atoms. The summed E-state index contributed by atoms with van der Waals surface area (Å²) in [7, 11) is -3.66. The van der Waals surface area contributed by atoms with Gasteiger partial charge in [-0.05, 0) is 42.0 Å². The summed E-state index contributed by atoms with van der Waals surface area (Å²) in [5.41, 5.74) is 0.882. The van der Waals surface area contributed by atoms with Gasteiger partial charge in [0.05, 0.1) is 21.3 Å². The lowest BCUT2D eigenvalue weighted by molar-refractivity contribution is -0.119. The molecule has 2 aromatic rings. The molecule has 0 unspecified atom stereocenters. The van der Waals surface area contributed by atoms with Crippen molar-refractivity contribution < 1.29 is 26.4 Å². The van der Waals surface area contributed by atoms with Crippen molar-refractivity contribution in [1.82, 2.24) is 0 Å². The van der Waals surface area contributed by atoms with E-state index in [-0.39, 0.29) is 26.4 Å². The number of rotatable bonds is 16. The minimum Gasteiger partial charge on any atom is -0.298 e. The van der Waals surface area contributed by atoms with E-state index in [1.165, 1.54) is 17.8 Å². The largest absolute Gasteiger partial charge is 0.298 e. The van der Waals surface area contributed by atoms with Gasteiger partial charge in [-0.15, -0.1) is 11.3 Å². The zero-order valence-electron chi connectivity index (χ0n) is 19.9. The Morgan fingerprint density at radius 1 is 1.06 bits per heavy atom. The lowest BCUT2D eigenvalue weighted by Crippen LogP contribution is -2.23. The molecule has 2 rings (SSSR count). The monoisotopic (exact) mass is 594 g/mol. The Hall–Kier alpha value is -0.790. The first-order chi connectivity index (χ1) is 16.4. The number of carbonyl (C=O) groups is 2. The minimum absolute atomic E-state index is 0.0445. The summed E-state index contributed by atoms with van der Waals surface area (Å²) in [6.07, 6.45) is 2.14. The Labute approximate surface area is 224 Å². The van der Waals surface area contributed by atoms with Crippen LogP contribution in [-0.2, 0) is 30.2 Å². The first-order valence-electron chi connectivity index (χ1n) is 10.9. The van der Waals surface area contributed by atoms with Gasteiger partial charge in [0.1, 0.15) is 9.99 Å². The van der Waals surface area contributed by atoms with Crippen LogP contribution >= 0.6 is 44.7 Å². The van der Waals surface area contributed by atoms with Gasteiger partial charge in [-0.1, -0.05) is 47.6 Å². The summed E-state index contributed by atoms with van der Waals surface area (Å²) >= 11 is 2.50. The van der Waals surface area contributed by atoms with Crippen molar-refractivity contribution in [2.75, 3.05) is 29.3 Å². The van der Waals surface area contributed by atoms with Crippen molar-refractivity contribution in [3.63, 3.8) is 0 Å². The molecule has 12 heteroatoms. The molecule has 0 aliphatic carbocycles. The van der Waals surface area contributed by atoms with E-state index >= 15 is 0 Å². The number of carbonyl (C=O) groups excluding carboxylic acids is 2. The lowest BCUT2D eigenvalue weighted by atomic mass is 10.1. The SMILES string of the molecule is CCSCC(=O)[C@H](C)CS(=O)(=O)c1cccc(CSSCCCC(=O)c2ccc(S(C)(=O)=O)s2)c1. The second-order valence-electron chi connectivity index (χ2n) is 7.94. The average molecular weight is 595 g/mol. The highest BCUT2D eigenvalue weighted by atomic mass is 33.1. The maximum atomic E-state index is 12.8. The smallest absolute Gasteiger partial charge is 0.184 e. The minimum atomic E-state index is -3.56. The first-order valence-corrected chi connectivity index (χ1v) is 18.9. The summed E-state index contributed by atoms with van der Waals surface area (Å²) in [6.45, 7) is 3.63. The van der Waals surface area contributed by atoms with Crippen LogP contribution in [0.15, 0.2) is 45.5 Å². The molecule has 35 heavy (non-hydrogen) atoms. The second-order valence-corrected chi connectivity index (χ2v) is 17.2. The Balaban J connectivity index is 1.78. The van der Waals surface area contributed by atoms with Crippen molar-refractivity contribution in [2.24, 2.45) is 5.92 Å². The van der Waals surface area contributed by atoms with Gasteiger partial charge in [-0.25, -0.2) is 16.8 Å². The predicted octanol–water partition coefficient (Wildman–Crippen LogP) is 5.43. The zero-order chi connectivity index (χ0) is 26.1. The molecule has 0 N–H and O–H groups in total. The molecule has 0 fully saturated rings. The molecule has 0 amide bonds. The molecule has 1 aromatic heterocycles. The maximum absolute atomic E-state index is 12.8. The summed E-state index contributed by atoms with van der Waals surface area (Å²) < 4.78 is 48.9. The van der Waals surface area contributed by atoms with Crippen LogP contribution in [0.2, 0.25) is 0 Å². The van der Waals surface area contributed by atoms with E-state index in [0.717, 1.165) is 34.7 Å². The molecule has 194 valence electrons. The van der Waals surface area contributed by atoms with Crippen LogP contribution in [0.3, 0.4) is 0 Å². The van der Waals surface area contributed by atoms with E-state index in [1.54, 1.807) is 52.8 Å². The quantitative estimate of drug-likeness (QED) is 0.143. The van der Waals surface area contributed by atoms with Crippen LogP contribution in [0.5, 0.6) is 0 Å². The molecule has 0 radical (unpaired) electrons. The van der Waals surface area contributed by atoms with Gasteiger partial charge in [0, 0.05) is 30.1 Å². The van der Waals surface area contributed by atoms with Gasteiger partial charge < -0.3 is 0 Å². The van der Waals surface area contributed by atoms with Gasteiger partial charge >= 0.3 is 0 Å². The van der Waals surface area contributed by atoms with Crippen molar-refractivity contribution in [1.29, 1.82) is 0 Å². The third kappa shape index (κ3) is 10.2. The number of sulfone groups is 2. The van der Waals surface area contributed by atoms with Gasteiger partial charge in [0.15, 0.2) is 25.5 Å². The maximum Gasteiger partial charge on any atom is 0.184 e. The fourth-order valence-corrected chi connectivity index (χ4v) is 9.33. The zero-order valence-corrected chi connectivity index (χ0v) is 24.8. The Bertz CT molecular complexity index is 1220. The number of hydrogen-bond acceptors (Lipinski definition) is 10. The molecule has 0 saturated carbocycles. The number of ketones is 2. The Morgan fingerprint density at radius 2 is 1.80 bits per heavy atom. The molecule has 1 aromatic carbocycles. The van der Waals surface area contributed by atoms with Crippen molar-refractivity contribution in [3.05, 3.63) is 46.8 Å². The molecule has 1 atom stereocenters. The standard InChI is InChI=1S/C23H30O6S6/c1-4-30-15-21(25)17(2)16-35(28,29)19-8-5-7-18(13-19)14-32-31-12-6-9-20(24)22-10-11-23(33-22)34(3,26)27/h5,7-8,10-11,13,17H,4,6,9,12,14-16H2,1-3H3/t17-/m1/s1. The average Bonchev–Trinajstić information content (AvgIpc) is 3.30. The number of thiophene rings is 1. The van der Waals surface area contributed by atoms with Gasteiger partial charge in [-0.2, -0.15) is 11.8 Å². The number of Topliss-reactive ketones (excluding diaryl/α,β-unsaturated/α-hetero) is 2. The molecular formula is C23H30O6S6. The summed E-state index contributed by atoms with van der Waals surface area (Å²) in [5, 5.41) is 0. The normalized spacial score (nSPS) is 13.0. The Morgan fingerprint density at radius 3 is 2.46 bits per heavy atom. The number of benzene rings is 1. The third-order valence-electron chi connectivity index (χ3n) is 4.89. The number of thioether (sulfide) groups is 1. The predicted molar refractivity (Wildman–Crippen MR) is 150 cm³/mol. The molecule has 0 bridgehead atoms. The van der Waals surface area contributed by atoms with Crippen molar-refractivity contribution in [3.8, 4) is 0 Å².